The van der Waals surface area contributed by atoms with Crippen LogP contribution in [0.4, 0.5) is 0 Å². The Morgan fingerprint density at radius 3 is 1.23 bits per heavy atom. The Kier molecular flexibility index (Phi) is 6.59. The van der Waals surface area contributed by atoms with Gasteiger partial charge in [-0.2, -0.15) is 0 Å². The van der Waals surface area contributed by atoms with Crippen molar-refractivity contribution in [1.82, 2.24) is 9.66 Å². The second-order valence-corrected chi connectivity index (χ2v) is 8.38. The van der Waals surface area contributed by atoms with Crippen LogP contribution in [0.3, 0.4) is 0 Å². The van der Waals surface area contributed by atoms with Crippen molar-refractivity contribution in [3.8, 4) is 11.5 Å². The minimum absolute atomic E-state index is 0.102. The molecule has 0 unspecified atom stereocenters. The third-order valence-corrected chi connectivity index (χ3v) is 5.86. The van der Waals surface area contributed by atoms with Crippen molar-refractivity contribution >= 4 is 20.0 Å². The molecule has 0 heterocycles. The first-order chi connectivity index (χ1) is 12.3. The average molecular weight is 400 g/mol. The van der Waals surface area contributed by atoms with Crippen molar-refractivity contribution < 1.29 is 26.3 Å². The maximum Gasteiger partial charge on any atom is 0.254 e. The monoisotopic (exact) mass is 400 g/mol. The van der Waals surface area contributed by atoms with E-state index in [1.807, 2.05) is 23.5 Å². The van der Waals surface area contributed by atoms with Gasteiger partial charge in [0.25, 0.3) is 20.0 Å². The summed E-state index contributed by atoms with van der Waals surface area (Å²) in [6, 6.07) is 11.2. The van der Waals surface area contributed by atoms with Gasteiger partial charge in [-0.25, -0.2) is 16.8 Å². The van der Waals surface area contributed by atoms with Crippen LogP contribution >= 0.6 is 0 Å². The molecule has 0 spiro atoms. The molecule has 0 saturated heterocycles. The number of sulfonamides is 2. The third kappa shape index (κ3) is 5.18. The number of benzene rings is 2. The summed E-state index contributed by atoms with van der Waals surface area (Å²) in [5.74, 6) is 1.03. The average Bonchev–Trinajstić information content (AvgIpc) is 2.62. The molecular weight excluding hydrogens is 380 g/mol. The van der Waals surface area contributed by atoms with Gasteiger partial charge >= 0.3 is 0 Å². The number of ether oxygens (including phenoxy) is 2. The molecule has 8 nitrogen and oxygen atoms in total. The highest BCUT2D eigenvalue weighted by molar-refractivity contribution is 7.92. The zero-order valence-electron chi connectivity index (χ0n) is 14.3. The normalized spacial score (nSPS) is 11.9. The van der Waals surface area contributed by atoms with E-state index < -0.39 is 20.0 Å². The standard InChI is InChI=1S/C16H20N2O6S2/c1-3-23-13-5-9-15(10-6-13)25(19,20)17-18-26(21,22)16-11-7-14(8-12-16)24-4-2/h5-12,17-18H,3-4H2,1-2H3. The summed E-state index contributed by atoms with van der Waals surface area (Å²) >= 11 is 0. The molecule has 0 radical (unpaired) electrons. The number of rotatable bonds is 9. The summed E-state index contributed by atoms with van der Waals surface area (Å²) in [6.45, 7) is 4.52. The minimum Gasteiger partial charge on any atom is -0.494 e. The Hall–Kier alpha value is -2.14. The molecular formula is C16H20N2O6S2. The summed E-state index contributed by atoms with van der Waals surface area (Å²) in [5.41, 5.74) is 0. The van der Waals surface area contributed by atoms with Crippen LogP contribution in [0.1, 0.15) is 13.8 Å². The Labute approximate surface area is 153 Å². The minimum atomic E-state index is -4.07. The number of hydrazine groups is 1. The zero-order valence-corrected chi connectivity index (χ0v) is 15.9. The fourth-order valence-electron chi connectivity index (χ4n) is 1.99. The van der Waals surface area contributed by atoms with E-state index in [-0.39, 0.29) is 9.79 Å². The SMILES string of the molecule is CCOc1ccc(S(=O)(=O)NNS(=O)(=O)c2ccc(OCC)cc2)cc1. The van der Waals surface area contributed by atoms with Gasteiger partial charge in [0.1, 0.15) is 11.5 Å². The molecule has 2 aromatic rings. The molecule has 26 heavy (non-hydrogen) atoms. The van der Waals surface area contributed by atoms with Crippen LogP contribution in [0.5, 0.6) is 11.5 Å². The van der Waals surface area contributed by atoms with E-state index in [4.69, 9.17) is 9.47 Å². The Morgan fingerprint density at radius 1 is 0.654 bits per heavy atom. The molecule has 10 heteroatoms. The van der Waals surface area contributed by atoms with Crippen LogP contribution in [-0.4, -0.2) is 30.0 Å². The summed E-state index contributed by atoms with van der Waals surface area (Å²) in [7, 11) is -8.14. The maximum atomic E-state index is 12.2. The van der Waals surface area contributed by atoms with Gasteiger partial charge in [0.15, 0.2) is 0 Å². The molecule has 142 valence electrons. The second kappa shape index (κ2) is 8.49. The molecule has 0 aromatic heterocycles. The largest absolute Gasteiger partial charge is 0.494 e. The highest BCUT2D eigenvalue weighted by Gasteiger charge is 2.20. The predicted octanol–water partition coefficient (Wildman–Crippen LogP) is 1.66. The van der Waals surface area contributed by atoms with Gasteiger partial charge in [-0.1, -0.05) is 0 Å². The van der Waals surface area contributed by atoms with E-state index >= 15 is 0 Å². The van der Waals surface area contributed by atoms with E-state index in [1.54, 1.807) is 0 Å². The van der Waals surface area contributed by atoms with Gasteiger partial charge in [0.05, 0.1) is 23.0 Å². The van der Waals surface area contributed by atoms with Crippen LogP contribution < -0.4 is 19.1 Å². The van der Waals surface area contributed by atoms with Crippen molar-refractivity contribution in [3.05, 3.63) is 48.5 Å². The first-order valence-corrected chi connectivity index (χ1v) is 10.7. The summed E-state index contributed by atoms with van der Waals surface area (Å²) < 4.78 is 59.4. The van der Waals surface area contributed by atoms with Crippen LogP contribution in [0, 0.1) is 0 Å². The van der Waals surface area contributed by atoms with Crippen LogP contribution in [0.15, 0.2) is 58.3 Å². The van der Waals surface area contributed by atoms with Crippen LogP contribution in [0.2, 0.25) is 0 Å². The molecule has 0 aliphatic rings. The Bertz CT molecular complexity index is 844. The van der Waals surface area contributed by atoms with E-state index in [1.165, 1.54) is 48.5 Å². The van der Waals surface area contributed by atoms with Crippen molar-refractivity contribution in [1.29, 1.82) is 0 Å². The van der Waals surface area contributed by atoms with E-state index in [2.05, 4.69) is 0 Å². The lowest BCUT2D eigenvalue weighted by atomic mass is 10.3. The third-order valence-electron chi connectivity index (χ3n) is 3.20. The topological polar surface area (TPSA) is 111 Å². The lowest BCUT2D eigenvalue weighted by molar-refractivity contribution is 0.340. The highest BCUT2D eigenvalue weighted by atomic mass is 32.2. The van der Waals surface area contributed by atoms with Gasteiger partial charge in [-0.15, -0.1) is 9.66 Å². The predicted molar refractivity (Wildman–Crippen MR) is 95.9 cm³/mol. The van der Waals surface area contributed by atoms with Crippen molar-refractivity contribution in [2.24, 2.45) is 0 Å². The number of hydrogen-bond acceptors (Lipinski definition) is 6. The summed E-state index contributed by atoms with van der Waals surface area (Å²) in [5, 5.41) is 0. The molecule has 0 aliphatic heterocycles. The molecule has 0 aliphatic carbocycles. The number of hydrogen-bond donors (Lipinski definition) is 2. The molecule has 2 rings (SSSR count). The maximum absolute atomic E-state index is 12.2. The van der Waals surface area contributed by atoms with Crippen molar-refractivity contribution in [2.75, 3.05) is 13.2 Å². The molecule has 2 N–H and O–H groups in total. The van der Waals surface area contributed by atoms with Gasteiger partial charge in [0.2, 0.25) is 0 Å². The molecule has 0 bridgehead atoms. The fraction of sp³-hybridized carbons (Fsp3) is 0.250. The van der Waals surface area contributed by atoms with E-state index in [0.717, 1.165) is 0 Å². The number of nitrogens with one attached hydrogen (secondary N) is 2. The Balaban J connectivity index is 2.09. The first kappa shape index (κ1) is 20.2. The quantitative estimate of drug-likeness (QED) is 0.619. The van der Waals surface area contributed by atoms with Gasteiger partial charge in [-0.3, -0.25) is 0 Å². The van der Waals surface area contributed by atoms with Crippen LogP contribution in [0.25, 0.3) is 0 Å². The van der Waals surface area contributed by atoms with Crippen LogP contribution in [-0.2, 0) is 20.0 Å². The first-order valence-electron chi connectivity index (χ1n) is 7.78. The molecule has 0 saturated carbocycles. The van der Waals surface area contributed by atoms with Crippen molar-refractivity contribution in [2.45, 2.75) is 23.6 Å². The molecule has 2 aromatic carbocycles. The highest BCUT2D eigenvalue weighted by Crippen LogP contribution is 2.17. The van der Waals surface area contributed by atoms with Gasteiger partial charge in [-0.05, 0) is 62.4 Å². The smallest absolute Gasteiger partial charge is 0.254 e. The molecule has 0 amide bonds. The van der Waals surface area contributed by atoms with E-state index in [9.17, 15) is 16.8 Å². The summed E-state index contributed by atoms with van der Waals surface area (Å²) in [6.07, 6.45) is 0. The van der Waals surface area contributed by atoms with Gasteiger partial charge < -0.3 is 9.47 Å². The lowest BCUT2D eigenvalue weighted by Crippen LogP contribution is -2.41. The van der Waals surface area contributed by atoms with E-state index in [0.29, 0.717) is 24.7 Å². The van der Waals surface area contributed by atoms with Crippen molar-refractivity contribution in [3.63, 3.8) is 0 Å². The molecule has 0 fully saturated rings. The zero-order chi connectivity index (χ0) is 19.2. The Morgan fingerprint density at radius 2 is 0.962 bits per heavy atom. The molecule has 0 atom stereocenters. The lowest BCUT2D eigenvalue weighted by Gasteiger charge is -2.10. The second-order valence-electron chi connectivity index (χ2n) is 5.02. The summed E-state index contributed by atoms with van der Waals surface area (Å²) in [4.78, 5) is 3.53. The van der Waals surface area contributed by atoms with Gasteiger partial charge in [0, 0.05) is 0 Å². The fourth-order valence-corrected chi connectivity index (χ4v) is 4.09.